The number of rotatable bonds is 3. The number of morpholine rings is 1. The number of carbonyl (C=O) groups excluding carboxylic acids is 1. The van der Waals surface area contributed by atoms with Crippen LogP contribution < -0.4 is 5.32 Å². The Hall–Kier alpha value is -1.34. The summed E-state index contributed by atoms with van der Waals surface area (Å²) in [5.41, 5.74) is -0.331. The van der Waals surface area contributed by atoms with Crippen molar-refractivity contribution < 1.29 is 24.2 Å². The van der Waals surface area contributed by atoms with Gasteiger partial charge in [-0.2, -0.15) is 0 Å². The predicted molar refractivity (Wildman–Crippen MR) is 70.5 cm³/mol. The summed E-state index contributed by atoms with van der Waals surface area (Å²) < 4.78 is 10.7. The van der Waals surface area contributed by atoms with Crippen LogP contribution in [0.3, 0.4) is 0 Å². The molecule has 0 aromatic rings. The first kappa shape index (κ1) is 15.1. The average molecular weight is 286 g/mol. The number of nitrogens with one attached hydrogen (secondary N) is 1. The van der Waals surface area contributed by atoms with Gasteiger partial charge in [-0.3, -0.25) is 0 Å². The first-order valence-corrected chi connectivity index (χ1v) is 6.91. The largest absolute Gasteiger partial charge is 0.479 e. The van der Waals surface area contributed by atoms with Crippen molar-refractivity contribution in [3.63, 3.8) is 0 Å². The van der Waals surface area contributed by atoms with Gasteiger partial charge in [0.15, 0.2) is 6.10 Å². The number of hydrogen-bond acceptors (Lipinski definition) is 4. The molecule has 2 unspecified atom stereocenters. The summed E-state index contributed by atoms with van der Waals surface area (Å²) in [5, 5.41) is 11.7. The number of hydrogen-bond donors (Lipinski definition) is 2. The van der Waals surface area contributed by atoms with Gasteiger partial charge in [-0.25, -0.2) is 9.59 Å². The zero-order valence-electron chi connectivity index (χ0n) is 11.9. The molecule has 0 bridgehead atoms. The van der Waals surface area contributed by atoms with E-state index in [0.717, 1.165) is 0 Å². The Kier molecular flexibility index (Phi) is 4.49. The Labute approximate surface area is 118 Å². The van der Waals surface area contributed by atoms with Crippen molar-refractivity contribution in [2.75, 3.05) is 26.3 Å². The van der Waals surface area contributed by atoms with Crippen LogP contribution in [0.15, 0.2) is 0 Å². The maximum Gasteiger partial charge on any atom is 0.332 e. The van der Waals surface area contributed by atoms with Crippen molar-refractivity contribution in [3.05, 3.63) is 0 Å². The average Bonchev–Trinajstić information content (AvgIpc) is 2.84. The summed E-state index contributed by atoms with van der Waals surface area (Å²) in [6, 6.07) is -0.152. The fourth-order valence-electron chi connectivity index (χ4n) is 2.57. The molecule has 0 spiro atoms. The summed E-state index contributed by atoms with van der Waals surface area (Å²) >= 11 is 0. The van der Waals surface area contributed by atoms with E-state index in [1.807, 2.05) is 13.8 Å². The lowest BCUT2D eigenvalue weighted by Crippen LogP contribution is -2.58. The van der Waals surface area contributed by atoms with Gasteiger partial charge in [-0.1, -0.05) is 0 Å². The van der Waals surface area contributed by atoms with E-state index >= 15 is 0 Å². The molecule has 2 aliphatic heterocycles. The number of nitrogens with zero attached hydrogens (tertiary/aromatic N) is 1. The molecular weight excluding hydrogens is 264 g/mol. The molecular formula is C13H22N2O5. The predicted octanol–water partition coefficient (Wildman–Crippen LogP) is 0.439. The first-order chi connectivity index (χ1) is 9.40. The Morgan fingerprint density at radius 3 is 2.75 bits per heavy atom. The standard InChI is InChI=1S/C13H22N2O5/c1-13(2)8-19-6-5-15(13)12(18)14-7-9-3-4-10(20-9)11(16)17/h9-10H,3-8H2,1-2H3,(H,14,18)(H,16,17). The topological polar surface area (TPSA) is 88.1 Å². The van der Waals surface area contributed by atoms with Crippen LogP contribution in [-0.2, 0) is 14.3 Å². The molecule has 2 N–H and O–H groups in total. The summed E-state index contributed by atoms with van der Waals surface area (Å²) in [6.07, 6.45) is 0.198. The van der Waals surface area contributed by atoms with E-state index in [-0.39, 0.29) is 17.7 Å². The number of urea groups is 1. The van der Waals surface area contributed by atoms with Crippen LogP contribution in [-0.4, -0.2) is 66.1 Å². The van der Waals surface area contributed by atoms with Crippen molar-refractivity contribution in [3.8, 4) is 0 Å². The molecule has 0 aliphatic carbocycles. The van der Waals surface area contributed by atoms with Gasteiger partial charge < -0.3 is 24.8 Å². The third kappa shape index (κ3) is 3.40. The van der Waals surface area contributed by atoms with Crippen molar-refractivity contribution in [1.82, 2.24) is 10.2 Å². The Bertz CT molecular complexity index is 385. The first-order valence-electron chi connectivity index (χ1n) is 6.91. The lowest BCUT2D eigenvalue weighted by molar-refractivity contribution is -0.149. The minimum absolute atomic E-state index is 0.152. The highest BCUT2D eigenvalue weighted by Crippen LogP contribution is 2.21. The van der Waals surface area contributed by atoms with Crippen molar-refractivity contribution >= 4 is 12.0 Å². The molecule has 114 valence electrons. The highest BCUT2D eigenvalue weighted by molar-refractivity contribution is 5.75. The minimum atomic E-state index is -0.937. The molecule has 2 amide bonds. The second kappa shape index (κ2) is 5.97. The molecule has 0 aromatic heterocycles. The van der Waals surface area contributed by atoms with Crippen molar-refractivity contribution in [1.29, 1.82) is 0 Å². The lowest BCUT2D eigenvalue weighted by atomic mass is 10.0. The summed E-state index contributed by atoms with van der Waals surface area (Å²) in [7, 11) is 0. The van der Waals surface area contributed by atoms with Gasteiger partial charge >= 0.3 is 12.0 Å². The van der Waals surface area contributed by atoms with E-state index in [1.165, 1.54) is 0 Å². The van der Waals surface area contributed by atoms with Crippen molar-refractivity contribution in [2.45, 2.75) is 44.4 Å². The zero-order valence-corrected chi connectivity index (χ0v) is 11.9. The van der Waals surface area contributed by atoms with Crippen LogP contribution in [0.25, 0.3) is 0 Å². The van der Waals surface area contributed by atoms with Gasteiger partial charge in [0.2, 0.25) is 0 Å². The van der Waals surface area contributed by atoms with E-state index in [9.17, 15) is 9.59 Å². The smallest absolute Gasteiger partial charge is 0.332 e. The number of carbonyl (C=O) groups is 2. The number of amides is 2. The molecule has 2 rings (SSSR count). The summed E-state index contributed by atoms with van der Waals surface area (Å²) in [6.45, 7) is 5.87. The number of aliphatic carboxylic acids is 1. The van der Waals surface area contributed by atoms with Crippen molar-refractivity contribution in [2.24, 2.45) is 0 Å². The SMILES string of the molecule is CC1(C)COCCN1C(=O)NCC1CCC(C(=O)O)O1. The molecule has 2 fully saturated rings. The monoisotopic (exact) mass is 286 g/mol. The molecule has 7 nitrogen and oxygen atoms in total. The number of carboxylic acids is 1. The van der Waals surface area contributed by atoms with E-state index in [1.54, 1.807) is 4.90 Å². The lowest BCUT2D eigenvalue weighted by Gasteiger charge is -2.42. The number of ether oxygens (including phenoxy) is 2. The third-order valence-electron chi connectivity index (χ3n) is 3.75. The second-order valence-electron chi connectivity index (χ2n) is 5.87. The maximum atomic E-state index is 12.2. The van der Waals surface area contributed by atoms with Crippen LogP contribution >= 0.6 is 0 Å². The Morgan fingerprint density at radius 2 is 2.15 bits per heavy atom. The third-order valence-corrected chi connectivity index (χ3v) is 3.75. The maximum absolute atomic E-state index is 12.2. The van der Waals surface area contributed by atoms with Crippen LogP contribution in [0, 0.1) is 0 Å². The van der Waals surface area contributed by atoms with E-state index in [4.69, 9.17) is 14.6 Å². The molecule has 7 heteroatoms. The fourth-order valence-corrected chi connectivity index (χ4v) is 2.57. The quantitative estimate of drug-likeness (QED) is 0.786. The van der Waals surface area contributed by atoms with Crippen LogP contribution in [0.1, 0.15) is 26.7 Å². The van der Waals surface area contributed by atoms with Gasteiger partial charge in [0.25, 0.3) is 0 Å². The minimum Gasteiger partial charge on any atom is -0.479 e. The van der Waals surface area contributed by atoms with E-state index < -0.39 is 12.1 Å². The molecule has 0 saturated carbocycles. The van der Waals surface area contributed by atoms with Gasteiger partial charge in [0.05, 0.1) is 24.9 Å². The zero-order chi connectivity index (χ0) is 14.8. The highest BCUT2D eigenvalue weighted by atomic mass is 16.5. The summed E-state index contributed by atoms with van der Waals surface area (Å²) in [5.74, 6) is -0.937. The van der Waals surface area contributed by atoms with Gasteiger partial charge in [-0.15, -0.1) is 0 Å². The van der Waals surface area contributed by atoms with Gasteiger partial charge in [-0.05, 0) is 26.7 Å². The molecule has 2 atom stereocenters. The van der Waals surface area contributed by atoms with E-state index in [2.05, 4.69) is 5.32 Å². The van der Waals surface area contributed by atoms with Crippen LogP contribution in [0.4, 0.5) is 4.79 Å². The molecule has 0 aromatic carbocycles. The summed E-state index contributed by atoms with van der Waals surface area (Å²) in [4.78, 5) is 24.7. The molecule has 2 saturated heterocycles. The number of carboxylic acid groups (broad SMARTS) is 1. The fraction of sp³-hybridized carbons (Fsp3) is 0.846. The van der Waals surface area contributed by atoms with Crippen LogP contribution in [0.5, 0.6) is 0 Å². The van der Waals surface area contributed by atoms with E-state index in [0.29, 0.717) is 39.1 Å². The highest BCUT2D eigenvalue weighted by Gasteiger charge is 2.35. The van der Waals surface area contributed by atoms with Crippen LogP contribution in [0.2, 0.25) is 0 Å². The Balaban J connectivity index is 1.79. The molecule has 2 heterocycles. The molecule has 2 aliphatic rings. The van der Waals surface area contributed by atoms with Gasteiger partial charge in [0, 0.05) is 13.1 Å². The van der Waals surface area contributed by atoms with Gasteiger partial charge in [0.1, 0.15) is 0 Å². The Morgan fingerprint density at radius 1 is 1.40 bits per heavy atom. The normalized spacial score (nSPS) is 29.2. The molecule has 20 heavy (non-hydrogen) atoms. The molecule has 0 radical (unpaired) electrons. The second-order valence-corrected chi connectivity index (χ2v) is 5.87.